The molecule has 0 heterocycles. The lowest BCUT2D eigenvalue weighted by atomic mass is 9.83. The van der Waals surface area contributed by atoms with E-state index in [0.717, 1.165) is 12.8 Å². The summed E-state index contributed by atoms with van der Waals surface area (Å²) in [5.74, 6) is 0.691. The first-order valence-corrected chi connectivity index (χ1v) is 5.07. The third-order valence-corrected chi connectivity index (χ3v) is 3.12. The van der Waals surface area contributed by atoms with E-state index in [1.54, 1.807) is 0 Å². The maximum atomic E-state index is 6.06. The van der Waals surface area contributed by atoms with Gasteiger partial charge in [0.2, 0.25) is 0 Å². The van der Waals surface area contributed by atoms with Gasteiger partial charge in [0.05, 0.1) is 0 Å². The molecule has 1 aliphatic rings. The molecule has 1 nitrogen and oxygen atoms in total. The van der Waals surface area contributed by atoms with Gasteiger partial charge in [-0.15, -0.1) is 11.6 Å². The molecule has 0 aromatic heterocycles. The van der Waals surface area contributed by atoms with E-state index >= 15 is 0 Å². The minimum Gasteiger partial charge on any atom is -0.327 e. The minimum absolute atomic E-state index is 0.386. The molecular formula is C9H18ClN. The van der Waals surface area contributed by atoms with Gasteiger partial charge in [-0.05, 0) is 31.6 Å². The highest BCUT2D eigenvalue weighted by atomic mass is 35.5. The summed E-state index contributed by atoms with van der Waals surface area (Å²) >= 11 is 6.06. The fraction of sp³-hybridized carbons (Fsp3) is 1.00. The Morgan fingerprint density at radius 3 is 2.82 bits per heavy atom. The maximum Gasteiger partial charge on any atom is 0.0339 e. The highest BCUT2D eigenvalue weighted by Gasteiger charge is 2.23. The van der Waals surface area contributed by atoms with Crippen LogP contribution in [-0.4, -0.2) is 11.4 Å². The Kier molecular flexibility index (Phi) is 3.67. The highest BCUT2D eigenvalue weighted by Crippen LogP contribution is 2.30. The van der Waals surface area contributed by atoms with Crippen LogP contribution in [0.2, 0.25) is 0 Å². The molecule has 0 radical (unpaired) electrons. The van der Waals surface area contributed by atoms with Crippen molar-refractivity contribution in [3.8, 4) is 0 Å². The van der Waals surface area contributed by atoms with Crippen LogP contribution >= 0.6 is 11.6 Å². The number of halogens is 1. The van der Waals surface area contributed by atoms with Crippen LogP contribution in [0.3, 0.4) is 0 Å². The van der Waals surface area contributed by atoms with Crippen LogP contribution < -0.4 is 5.73 Å². The van der Waals surface area contributed by atoms with E-state index in [9.17, 15) is 0 Å². The average molecular weight is 176 g/mol. The molecule has 0 spiro atoms. The first-order chi connectivity index (χ1) is 5.24. The average Bonchev–Trinajstić information content (AvgIpc) is 2.03. The van der Waals surface area contributed by atoms with Gasteiger partial charge in [0.1, 0.15) is 0 Å². The van der Waals surface area contributed by atoms with E-state index in [2.05, 4.69) is 6.92 Å². The topological polar surface area (TPSA) is 26.0 Å². The zero-order valence-corrected chi connectivity index (χ0v) is 7.98. The van der Waals surface area contributed by atoms with Crippen molar-refractivity contribution in [3.63, 3.8) is 0 Å². The zero-order chi connectivity index (χ0) is 8.27. The third kappa shape index (κ3) is 2.64. The molecule has 0 saturated heterocycles. The minimum atomic E-state index is 0.386. The van der Waals surface area contributed by atoms with Gasteiger partial charge in [-0.3, -0.25) is 0 Å². The summed E-state index contributed by atoms with van der Waals surface area (Å²) in [7, 11) is 0. The molecule has 0 aromatic carbocycles. The van der Waals surface area contributed by atoms with Crippen LogP contribution in [-0.2, 0) is 0 Å². The van der Waals surface area contributed by atoms with Crippen molar-refractivity contribution in [2.75, 3.05) is 0 Å². The normalized spacial score (nSPS) is 35.2. The molecule has 0 aromatic rings. The molecule has 1 unspecified atom stereocenters. The van der Waals surface area contributed by atoms with Crippen LogP contribution in [0.5, 0.6) is 0 Å². The Morgan fingerprint density at radius 1 is 1.55 bits per heavy atom. The Balaban J connectivity index is 2.33. The molecular weight excluding hydrogens is 158 g/mol. The van der Waals surface area contributed by atoms with Crippen LogP contribution in [0.1, 0.15) is 39.0 Å². The van der Waals surface area contributed by atoms with Crippen LogP contribution in [0.25, 0.3) is 0 Å². The summed E-state index contributed by atoms with van der Waals surface area (Å²) in [6.07, 6.45) is 5.98. The fourth-order valence-electron chi connectivity index (χ4n) is 1.89. The molecule has 66 valence electrons. The van der Waals surface area contributed by atoms with E-state index in [1.807, 2.05) is 0 Å². The van der Waals surface area contributed by atoms with Crippen LogP contribution in [0.15, 0.2) is 0 Å². The monoisotopic (exact) mass is 175 g/mol. The zero-order valence-electron chi connectivity index (χ0n) is 7.22. The van der Waals surface area contributed by atoms with Crippen LogP contribution in [0, 0.1) is 5.92 Å². The SMILES string of the molecule is CC[C@H](N)[C@@H]1CCCC(Cl)C1. The molecule has 0 amide bonds. The summed E-state index contributed by atoms with van der Waals surface area (Å²) < 4.78 is 0. The Hall–Kier alpha value is 0.250. The molecule has 11 heavy (non-hydrogen) atoms. The first kappa shape index (κ1) is 9.34. The number of alkyl halides is 1. The second-order valence-corrected chi connectivity index (χ2v) is 4.21. The molecule has 0 aliphatic heterocycles. The van der Waals surface area contributed by atoms with Crippen molar-refractivity contribution < 1.29 is 0 Å². The Bertz CT molecular complexity index is 116. The Morgan fingerprint density at radius 2 is 2.27 bits per heavy atom. The standard InChI is InChI=1S/C9H18ClN/c1-2-9(11)7-4-3-5-8(10)6-7/h7-9H,2-6,11H2,1H3/t7-,8?,9+/m1/s1. The predicted octanol–water partition coefficient (Wildman–Crippen LogP) is 2.52. The third-order valence-electron chi connectivity index (χ3n) is 2.73. The molecule has 2 heteroatoms. The van der Waals surface area contributed by atoms with E-state index in [1.165, 1.54) is 19.3 Å². The summed E-state index contributed by atoms with van der Waals surface area (Å²) in [6, 6.07) is 0.386. The van der Waals surface area contributed by atoms with E-state index in [4.69, 9.17) is 17.3 Å². The van der Waals surface area contributed by atoms with E-state index in [-0.39, 0.29) is 0 Å². The maximum absolute atomic E-state index is 6.06. The van der Waals surface area contributed by atoms with Gasteiger partial charge in [0.25, 0.3) is 0 Å². The molecule has 3 atom stereocenters. The van der Waals surface area contributed by atoms with Crippen molar-refractivity contribution in [1.82, 2.24) is 0 Å². The lowest BCUT2D eigenvalue weighted by Crippen LogP contribution is -2.33. The van der Waals surface area contributed by atoms with Gasteiger partial charge in [-0.2, -0.15) is 0 Å². The molecule has 0 bridgehead atoms. The predicted molar refractivity (Wildman–Crippen MR) is 49.9 cm³/mol. The second-order valence-electron chi connectivity index (χ2n) is 3.60. The van der Waals surface area contributed by atoms with Crippen molar-refractivity contribution >= 4 is 11.6 Å². The van der Waals surface area contributed by atoms with Crippen molar-refractivity contribution in [2.45, 2.75) is 50.4 Å². The number of hydrogen-bond acceptors (Lipinski definition) is 1. The fourth-order valence-corrected chi connectivity index (χ4v) is 2.27. The van der Waals surface area contributed by atoms with E-state index < -0.39 is 0 Å². The smallest absolute Gasteiger partial charge is 0.0339 e. The Labute approximate surface area is 74.3 Å². The molecule has 1 saturated carbocycles. The molecule has 1 rings (SSSR count). The van der Waals surface area contributed by atoms with Gasteiger partial charge < -0.3 is 5.73 Å². The summed E-state index contributed by atoms with van der Waals surface area (Å²) in [6.45, 7) is 2.16. The van der Waals surface area contributed by atoms with Crippen molar-refractivity contribution in [1.29, 1.82) is 0 Å². The second kappa shape index (κ2) is 4.32. The number of rotatable bonds is 2. The quantitative estimate of drug-likeness (QED) is 0.642. The van der Waals surface area contributed by atoms with Gasteiger partial charge in [-0.25, -0.2) is 0 Å². The van der Waals surface area contributed by atoms with Gasteiger partial charge in [0, 0.05) is 11.4 Å². The summed E-state index contributed by atoms with van der Waals surface area (Å²) in [4.78, 5) is 0. The van der Waals surface area contributed by atoms with Crippen molar-refractivity contribution in [2.24, 2.45) is 11.7 Å². The van der Waals surface area contributed by atoms with E-state index in [0.29, 0.717) is 17.3 Å². The van der Waals surface area contributed by atoms with Gasteiger partial charge in [-0.1, -0.05) is 13.3 Å². The highest BCUT2D eigenvalue weighted by molar-refractivity contribution is 6.20. The lowest BCUT2D eigenvalue weighted by Gasteiger charge is -2.29. The number of hydrogen-bond donors (Lipinski definition) is 1. The lowest BCUT2D eigenvalue weighted by molar-refractivity contribution is 0.303. The van der Waals surface area contributed by atoms with Gasteiger partial charge in [0.15, 0.2) is 0 Å². The molecule has 1 fully saturated rings. The first-order valence-electron chi connectivity index (χ1n) is 4.63. The number of nitrogens with two attached hydrogens (primary N) is 1. The molecule has 1 aliphatic carbocycles. The van der Waals surface area contributed by atoms with Crippen molar-refractivity contribution in [3.05, 3.63) is 0 Å². The largest absolute Gasteiger partial charge is 0.327 e. The summed E-state index contributed by atoms with van der Waals surface area (Å²) in [5, 5.41) is 0.395. The molecule has 2 N–H and O–H groups in total. The summed E-state index contributed by atoms with van der Waals surface area (Å²) in [5.41, 5.74) is 5.95. The van der Waals surface area contributed by atoms with Crippen LogP contribution in [0.4, 0.5) is 0 Å². The van der Waals surface area contributed by atoms with Gasteiger partial charge >= 0.3 is 0 Å².